The van der Waals surface area contributed by atoms with Gasteiger partial charge in [-0.1, -0.05) is 67.7 Å². The van der Waals surface area contributed by atoms with E-state index in [2.05, 4.69) is 67.7 Å². The average Bonchev–Trinajstić information content (AvgIpc) is 2.68. The molecule has 0 fully saturated rings. The van der Waals surface area contributed by atoms with Crippen LogP contribution in [0.4, 0.5) is 0 Å². The van der Waals surface area contributed by atoms with Crippen LogP contribution in [0.15, 0.2) is 11.0 Å². The van der Waals surface area contributed by atoms with Gasteiger partial charge >= 0.3 is 0 Å². The molecule has 1 rings (SSSR count). The van der Waals surface area contributed by atoms with E-state index in [0.29, 0.717) is 5.78 Å². The van der Waals surface area contributed by atoms with Crippen LogP contribution in [0.25, 0.3) is 0 Å². The Hall–Kier alpha value is -0.396. The van der Waals surface area contributed by atoms with Gasteiger partial charge in [-0.15, -0.1) is 0 Å². The van der Waals surface area contributed by atoms with Crippen molar-refractivity contribution in [3.63, 3.8) is 0 Å². The number of methoxy groups -OCH3 is 2. The normalized spacial score (nSPS) is 23.9. The van der Waals surface area contributed by atoms with Gasteiger partial charge in [-0.2, -0.15) is 0 Å². The van der Waals surface area contributed by atoms with E-state index in [4.69, 9.17) is 9.47 Å². The summed E-state index contributed by atoms with van der Waals surface area (Å²) in [6.07, 6.45) is -0.229. The number of carbonyl (C=O) groups excluding carboxylic acids is 1. The molecular formula is C19H38O3Si2. The Balaban J connectivity index is 3.60. The number of allylic oxidation sites excluding steroid dienone is 1. The second-order valence-electron chi connectivity index (χ2n) is 10.3. The highest BCUT2D eigenvalue weighted by atomic mass is 28.3. The number of ether oxygens (including phenoxy) is 2. The fraction of sp³-hybridized carbons (Fsp3) is 0.842. The molecule has 140 valence electrons. The number of ketones is 1. The van der Waals surface area contributed by atoms with Crippen LogP contribution in [0.3, 0.4) is 0 Å². The SMILES string of the molecule is COC1=C([Si](C)(C)C(C)(C)C)C(=O)[C@H]([Si](C)(C)C(C)(C)C)[C@@H]1OC. The van der Waals surface area contributed by atoms with E-state index in [1.165, 1.54) is 0 Å². The molecule has 3 nitrogen and oxygen atoms in total. The molecule has 0 spiro atoms. The van der Waals surface area contributed by atoms with Gasteiger partial charge in [0.2, 0.25) is 0 Å². The Bertz CT molecular complexity index is 534. The van der Waals surface area contributed by atoms with Gasteiger partial charge in [-0.3, -0.25) is 4.79 Å². The molecule has 0 aromatic rings. The van der Waals surface area contributed by atoms with Crippen molar-refractivity contribution in [3.05, 3.63) is 11.0 Å². The van der Waals surface area contributed by atoms with E-state index in [0.717, 1.165) is 11.0 Å². The van der Waals surface area contributed by atoms with E-state index < -0.39 is 16.1 Å². The van der Waals surface area contributed by atoms with Gasteiger partial charge in [0.15, 0.2) is 5.78 Å². The maximum absolute atomic E-state index is 13.7. The van der Waals surface area contributed by atoms with Crippen molar-refractivity contribution in [3.8, 4) is 0 Å². The first-order valence-electron chi connectivity index (χ1n) is 8.91. The van der Waals surface area contributed by atoms with Crippen molar-refractivity contribution in [2.45, 2.75) is 89.5 Å². The van der Waals surface area contributed by atoms with Gasteiger partial charge in [0.25, 0.3) is 0 Å². The standard InChI is InChI=1S/C19H38O3Si2/c1-18(2,3)23(9,10)16-13(20)17(15(22-8)14(16)21-7)24(11,12)19(4,5)6/h14,16H,1-12H3/t14-,16+/m1/s1. The maximum atomic E-state index is 13.7. The van der Waals surface area contributed by atoms with E-state index in [1.807, 2.05) is 0 Å². The third kappa shape index (κ3) is 3.19. The molecule has 0 heterocycles. The molecule has 2 atom stereocenters. The van der Waals surface area contributed by atoms with Crippen molar-refractivity contribution >= 4 is 21.9 Å². The summed E-state index contributed by atoms with van der Waals surface area (Å²) in [6, 6.07) is 0. The van der Waals surface area contributed by atoms with E-state index in [9.17, 15) is 4.79 Å². The largest absolute Gasteiger partial charge is 0.498 e. The molecule has 0 saturated carbocycles. The quantitative estimate of drug-likeness (QED) is 0.621. The first-order chi connectivity index (χ1) is 10.6. The van der Waals surface area contributed by atoms with Gasteiger partial charge in [0.1, 0.15) is 11.9 Å². The van der Waals surface area contributed by atoms with Gasteiger partial charge < -0.3 is 9.47 Å². The smallest absolute Gasteiger partial charge is 0.161 e. The molecule has 0 aromatic carbocycles. The molecule has 0 amide bonds. The first-order valence-corrected chi connectivity index (χ1v) is 15.0. The van der Waals surface area contributed by atoms with Crippen LogP contribution >= 0.6 is 0 Å². The van der Waals surface area contributed by atoms with Gasteiger partial charge in [0, 0.05) is 17.8 Å². The number of hydrogen-bond donors (Lipinski definition) is 0. The molecule has 24 heavy (non-hydrogen) atoms. The molecule has 0 aliphatic heterocycles. The molecule has 0 aromatic heterocycles. The minimum Gasteiger partial charge on any atom is -0.498 e. The molecular weight excluding hydrogens is 332 g/mol. The van der Waals surface area contributed by atoms with Gasteiger partial charge in [-0.05, 0) is 10.1 Å². The molecule has 1 aliphatic carbocycles. The lowest BCUT2D eigenvalue weighted by Gasteiger charge is -2.43. The third-order valence-electron chi connectivity index (χ3n) is 7.02. The highest BCUT2D eigenvalue weighted by molar-refractivity contribution is 6.94. The first kappa shape index (κ1) is 21.6. The Kier molecular flexibility index (Phi) is 5.77. The van der Waals surface area contributed by atoms with Crippen molar-refractivity contribution < 1.29 is 14.3 Å². The molecule has 0 saturated heterocycles. The van der Waals surface area contributed by atoms with Crippen molar-refractivity contribution in [2.75, 3.05) is 14.2 Å². The highest BCUT2D eigenvalue weighted by Crippen LogP contribution is 2.55. The molecule has 1 aliphatic rings. The lowest BCUT2D eigenvalue weighted by atomic mass is 10.2. The summed E-state index contributed by atoms with van der Waals surface area (Å²) >= 11 is 0. The van der Waals surface area contributed by atoms with Crippen LogP contribution in [0.5, 0.6) is 0 Å². The second kappa shape index (κ2) is 6.40. The Morgan fingerprint density at radius 1 is 0.875 bits per heavy atom. The second-order valence-corrected chi connectivity index (χ2v) is 21.1. The number of hydrogen-bond acceptors (Lipinski definition) is 3. The number of carbonyl (C=O) groups is 1. The van der Waals surface area contributed by atoms with Crippen LogP contribution in [0.2, 0.25) is 41.8 Å². The van der Waals surface area contributed by atoms with E-state index in [-0.39, 0.29) is 21.7 Å². The summed E-state index contributed by atoms with van der Waals surface area (Å²) in [5.41, 5.74) is -0.0680. The fourth-order valence-corrected chi connectivity index (χ4v) is 8.64. The minimum absolute atomic E-state index is 0.0680. The Morgan fingerprint density at radius 2 is 1.33 bits per heavy atom. The zero-order chi connectivity index (χ0) is 19.3. The van der Waals surface area contributed by atoms with Crippen LogP contribution < -0.4 is 0 Å². The summed E-state index contributed by atoms with van der Waals surface area (Å²) in [4.78, 5) is 13.7. The summed E-state index contributed by atoms with van der Waals surface area (Å²) in [6.45, 7) is 22.7. The van der Waals surface area contributed by atoms with Crippen molar-refractivity contribution in [1.82, 2.24) is 0 Å². The zero-order valence-corrected chi connectivity index (χ0v) is 19.9. The summed E-state index contributed by atoms with van der Waals surface area (Å²) in [5, 5.41) is 1.17. The highest BCUT2D eigenvalue weighted by Gasteiger charge is 2.59. The summed E-state index contributed by atoms with van der Waals surface area (Å²) < 4.78 is 11.7. The van der Waals surface area contributed by atoms with Gasteiger partial charge in [0.05, 0.1) is 23.3 Å². The molecule has 5 heteroatoms. The average molecular weight is 371 g/mol. The minimum atomic E-state index is -2.01. The molecule has 0 radical (unpaired) electrons. The molecule has 0 bridgehead atoms. The van der Waals surface area contributed by atoms with Crippen molar-refractivity contribution in [1.29, 1.82) is 0 Å². The van der Waals surface area contributed by atoms with Crippen LogP contribution in [0, 0.1) is 0 Å². The third-order valence-corrected chi connectivity index (χ3v) is 18.5. The predicted molar refractivity (Wildman–Crippen MR) is 108 cm³/mol. The van der Waals surface area contributed by atoms with Crippen LogP contribution in [-0.4, -0.2) is 42.3 Å². The molecule has 0 N–H and O–H groups in total. The summed E-state index contributed by atoms with van der Waals surface area (Å²) in [7, 11) is -0.536. The number of rotatable bonds is 4. The fourth-order valence-electron chi connectivity index (χ4n) is 3.33. The lowest BCUT2D eigenvalue weighted by Crippen LogP contribution is -2.50. The maximum Gasteiger partial charge on any atom is 0.161 e. The van der Waals surface area contributed by atoms with E-state index in [1.54, 1.807) is 14.2 Å². The number of Topliss-reactive ketones (excluding diaryl/α,β-unsaturated/α-hetero) is 1. The van der Waals surface area contributed by atoms with Crippen LogP contribution in [0.1, 0.15) is 41.5 Å². The zero-order valence-electron chi connectivity index (χ0n) is 17.9. The Morgan fingerprint density at radius 3 is 1.62 bits per heavy atom. The lowest BCUT2D eigenvalue weighted by molar-refractivity contribution is -0.115. The Labute approximate surface area is 151 Å². The topological polar surface area (TPSA) is 35.5 Å². The monoisotopic (exact) mass is 370 g/mol. The summed E-state index contributed by atoms with van der Waals surface area (Å²) in [5.74, 6) is 1.11. The van der Waals surface area contributed by atoms with Crippen LogP contribution in [-0.2, 0) is 14.3 Å². The predicted octanol–water partition coefficient (Wildman–Crippen LogP) is 5.41. The van der Waals surface area contributed by atoms with E-state index >= 15 is 0 Å². The molecule has 0 unspecified atom stereocenters. The van der Waals surface area contributed by atoms with Crippen molar-refractivity contribution in [2.24, 2.45) is 0 Å². The van der Waals surface area contributed by atoms with Gasteiger partial charge in [-0.25, -0.2) is 0 Å².